The highest BCUT2D eigenvalue weighted by Crippen LogP contribution is 2.12. The molecule has 4 nitrogen and oxygen atoms in total. The molecule has 1 unspecified atom stereocenters. The Labute approximate surface area is 109 Å². The number of aliphatic imine (C=N–C) groups is 2. The summed E-state index contributed by atoms with van der Waals surface area (Å²) in [5.74, 6) is 0. The molecule has 98 valence electrons. The van der Waals surface area contributed by atoms with Gasteiger partial charge in [-0.15, -0.1) is 0 Å². The van der Waals surface area contributed by atoms with Crippen molar-refractivity contribution in [2.24, 2.45) is 9.98 Å². The summed E-state index contributed by atoms with van der Waals surface area (Å²) in [5.41, 5.74) is 2.20. The third kappa shape index (κ3) is 5.11. The second-order valence-electron chi connectivity index (χ2n) is 4.90. The number of rotatable bonds is 5. The Balaban J connectivity index is 2.67. The van der Waals surface area contributed by atoms with Gasteiger partial charge in [0.2, 0.25) is 0 Å². The van der Waals surface area contributed by atoms with Gasteiger partial charge in [-0.1, -0.05) is 0 Å². The molecular formula is C14H22N4. The van der Waals surface area contributed by atoms with E-state index in [0.717, 1.165) is 17.8 Å². The lowest BCUT2D eigenvalue weighted by Crippen LogP contribution is -2.10. The van der Waals surface area contributed by atoms with Crippen LogP contribution in [0.3, 0.4) is 0 Å². The van der Waals surface area contributed by atoms with Gasteiger partial charge in [0.25, 0.3) is 0 Å². The highest BCUT2D eigenvalue weighted by atomic mass is 15.1. The van der Waals surface area contributed by atoms with E-state index in [2.05, 4.69) is 31.9 Å². The monoisotopic (exact) mass is 246 g/mol. The van der Waals surface area contributed by atoms with E-state index in [9.17, 15) is 0 Å². The fourth-order valence-electron chi connectivity index (χ4n) is 1.45. The minimum Gasteiger partial charge on any atom is -0.378 e. The summed E-state index contributed by atoms with van der Waals surface area (Å²) >= 11 is 0. The third-order valence-corrected chi connectivity index (χ3v) is 2.42. The summed E-state index contributed by atoms with van der Waals surface area (Å²) in [6.07, 6.45) is 2.64. The van der Waals surface area contributed by atoms with Crippen LogP contribution < -0.4 is 4.90 Å². The first kappa shape index (κ1) is 14.4. The van der Waals surface area contributed by atoms with E-state index in [4.69, 9.17) is 0 Å². The van der Waals surface area contributed by atoms with Crippen molar-refractivity contribution in [2.75, 3.05) is 19.0 Å². The number of nitrogens with zero attached hydrogens (tertiary/aromatic N) is 4. The summed E-state index contributed by atoms with van der Waals surface area (Å²) in [6.45, 7) is 6.07. The van der Waals surface area contributed by atoms with E-state index in [1.807, 2.05) is 47.1 Å². The van der Waals surface area contributed by atoms with Gasteiger partial charge < -0.3 is 4.90 Å². The molecule has 0 bridgehead atoms. The van der Waals surface area contributed by atoms with Gasteiger partial charge in [-0.3, -0.25) is 4.98 Å². The second-order valence-corrected chi connectivity index (χ2v) is 4.90. The molecule has 1 aromatic rings. The Morgan fingerprint density at radius 3 is 2.61 bits per heavy atom. The zero-order valence-electron chi connectivity index (χ0n) is 11.9. The van der Waals surface area contributed by atoms with Crippen LogP contribution in [-0.2, 0) is 6.42 Å². The Hall–Kier alpha value is -1.67. The van der Waals surface area contributed by atoms with Crippen molar-refractivity contribution in [3.05, 3.63) is 24.0 Å². The smallest absolute Gasteiger partial charge is 0.0898 e. The molecular weight excluding hydrogens is 224 g/mol. The van der Waals surface area contributed by atoms with Crippen molar-refractivity contribution < 1.29 is 0 Å². The maximum absolute atomic E-state index is 4.36. The standard InChI is InChI=1S/C14H22N4/c1-11(2)16-10-17-12(3)8-13-9-14(18(4)5)6-7-15-13/h6-7,9,11-12H,8H2,1-5H3. The minimum atomic E-state index is 0.150. The fourth-order valence-corrected chi connectivity index (χ4v) is 1.45. The third-order valence-electron chi connectivity index (χ3n) is 2.42. The summed E-state index contributed by atoms with van der Waals surface area (Å²) in [5, 5.41) is 0. The molecule has 0 aromatic carbocycles. The fraction of sp³-hybridized carbons (Fsp3) is 0.571. The quantitative estimate of drug-likeness (QED) is 0.749. The van der Waals surface area contributed by atoms with Gasteiger partial charge in [0.15, 0.2) is 0 Å². The second kappa shape index (κ2) is 6.92. The SMILES string of the molecule is CC(C)N=C=NC(C)Cc1cc(N(C)C)ccn1. The van der Waals surface area contributed by atoms with Gasteiger partial charge in [-0.05, 0) is 32.9 Å². The van der Waals surface area contributed by atoms with Crippen LogP contribution in [0.4, 0.5) is 5.69 Å². The lowest BCUT2D eigenvalue weighted by atomic mass is 10.1. The lowest BCUT2D eigenvalue weighted by molar-refractivity contribution is 0.725. The van der Waals surface area contributed by atoms with Gasteiger partial charge in [0, 0.05) is 38.1 Å². The Bertz CT molecular complexity index is 431. The lowest BCUT2D eigenvalue weighted by Gasteiger charge is -2.13. The molecule has 4 heteroatoms. The van der Waals surface area contributed by atoms with E-state index >= 15 is 0 Å². The zero-order valence-corrected chi connectivity index (χ0v) is 11.9. The van der Waals surface area contributed by atoms with Crippen LogP contribution in [0.25, 0.3) is 0 Å². The molecule has 0 amide bonds. The molecule has 1 atom stereocenters. The molecule has 18 heavy (non-hydrogen) atoms. The first-order valence-electron chi connectivity index (χ1n) is 6.26. The van der Waals surface area contributed by atoms with Crippen molar-refractivity contribution in [1.82, 2.24) is 4.98 Å². The van der Waals surface area contributed by atoms with Gasteiger partial charge in [0.1, 0.15) is 0 Å². The summed E-state index contributed by atoms with van der Waals surface area (Å²) in [4.78, 5) is 14.8. The van der Waals surface area contributed by atoms with Crippen LogP contribution in [0.5, 0.6) is 0 Å². The van der Waals surface area contributed by atoms with Crippen LogP contribution in [0.2, 0.25) is 0 Å². The molecule has 0 aliphatic carbocycles. The Morgan fingerprint density at radius 2 is 2.00 bits per heavy atom. The van der Waals surface area contributed by atoms with E-state index in [1.54, 1.807) is 0 Å². The summed E-state index contributed by atoms with van der Waals surface area (Å²) in [7, 11) is 4.05. The van der Waals surface area contributed by atoms with Gasteiger partial charge in [-0.25, -0.2) is 9.98 Å². The number of aromatic nitrogens is 1. The van der Waals surface area contributed by atoms with Gasteiger partial charge in [0.05, 0.1) is 18.1 Å². The predicted octanol–water partition coefficient (Wildman–Crippen LogP) is 2.66. The first-order valence-corrected chi connectivity index (χ1v) is 6.26. The highest BCUT2D eigenvalue weighted by Gasteiger charge is 2.04. The molecule has 0 N–H and O–H groups in total. The molecule has 1 heterocycles. The van der Waals surface area contributed by atoms with E-state index in [1.165, 1.54) is 0 Å². The largest absolute Gasteiger partial charge is 0.378 e. The highest BCUT2D eigenvalue weighted by molar-refractivity contribution is 5.45. The maximum atomic E-state index is 4.36. The van der Waals surface area contributed by atoms with E-state index < -0.39 is 0 Å². The number of pyridine rings is 1. The number of anilines is 1. The van der Waals surface area contributed by atoms with Crippen molar-refractivity contribution >= 4 is 11.7 Å². The topological polar surface area (TPSA) is 40.9 Å². The number of hydrogen-bond acceptors (Lipinski definition) is 4. The summed E-state index contributed by atoms with van der Waals surface area (Å²) in [6, 6.07) is 7.24. The van der Waals surface area contributed by atoms with E-state index in [0.29, 0.717) is 0 Å². The van der Waals surface area contributed by atoms with Gasteiger partial charge >= 0.3 is 0 Å². The molecule has 0 aliphatic heterocycles. The zero-order chi connectivity index (χ0) is 13.5. The van der Waals surface area contributed by atoms with Crippen molar-refractivity contribution in [3.8, 4) is 0 Å². The molecule has 1 rings (SSSR count). The molecule has 0 aliphatic rings. The molecule has 0 radical (unpaired) electrons. The minimum absolute atomic E-state index is 0.150. The average molecular weight is 246 g/mol. The molecule has 0 saturated heterocycles. The summed E-state index contributed by atoms with van der Waals surface area (Å²) < 4.78 is 0. The van der Waals surface area contributed by atoms with E-state index in [-0.39, 0.29) is 12.1 Å². The first-order chi connectivity index (χ1) is 8.49. The Morgan fingerprint density at radius 1 is 1.28 bits per heavy atom. The van der Waals surface area contributed by atoms with Crippen molar-refractivity contribution in [2.45, 2.75) is 39.3 Å². The molecule has 1 aromatic heterocycles. The van der Waals surface area contributed by atoms with Crippen LogP contribution >= 0.6 is 0 Å². The number of hydrogen-bond donors (Lipinski definition) is 0. The average Bonchev–Trinajstić information content (AvgIpc) is 2.28. The van der Waals surface area contributed by atoms with Crippen LogP contribution in [-0.4, -0.2) is 37.2 Å². The van der Waals surface area contributed by atoms with Crippen LogP contribution in [0.15, 0.2) is 28.3 Å². The molecule has 0 fully saturated rings. The maximum Gasteiger partial charge on any atom is 0.0898 e. The predicted molar refractivity (Wildman–Crippen MR) is 76.7 cm³/mol. The van der Waals surface area contributed by atoms with Crippen molar-refractivity contribution in [3.63, 3.8) is 0 Å². The normalized spacial score (nSPS) is 11.9. The van der Waals surface area contributed by atoms with Crippen molar-refractivity contribution in [1.29, 1.82) is 0 Å². The molecule has 0 saturated carbocycles. The van der Waals surface area contributed by atoms with Crippen LogP contribution in [0, 0.1) is 0 Å². The Kier molecular flexibility index (Phi) is 5.53. The molecule has 0 spiro atoms. The van der Waals surface area contributed by atoms with Gasteiger partial charge in [-0.2, -0.15) is 0 Å². The van der Waals surface area contributed by atoms with Crippen LogP contribution in [0.1, 0.15) is 26.5 Å².